The summed E-state index contributed by atoms with van der Waals surface area (Å²) in [5, 5.41) is 3.48. The predicted molar refractivity (Wildman–Crippen MR) is 94.0 cm³/mol. The third kappa shape index (κ3) is 3.19. The number of carbonyl (C=O) groups excluding carboxylic acids is 1. The summed E-state index contributed by atoms with van der Waals surface area (Å²) in [5.74, 6) is 2.53. The molecule has 2 nitrogen and oxygen atoms in total. The molecule has 1 aliphatic rings. The van der Waals surface area contributed by atoms with Gasteiger partial charge in [0.05, 0.1) is 0 Å². The van der Waals surface area contributed by atoms with Crippen LogP contribution >= 0.6 is 0 Å². The van der Waals surface area contributed by atoms with Crippen molar-refractivity contribution in [1.29, 1.82) is 0 Å². The normalized spacial score (nSPS) is 17.0. The molecule has 0 radical (unpaired) electrons. The maximum absolute atomic E-state index is 12.6. The van der Waals surface area contributed by atoms with Crippen LogP contribution in [0.25, 0.3) is 5.70 Å². The summed E-state index contributed by atoms with van der Waals surface area (Å²) in [5.41, 5.74) is 4.57. The second-order valence-corrected chi connectivity index (χ2v) is 6.49. The van der Waals surface area contributed by atoms with E-state index in [1.165, 1.54) is 5.56 Å². The van der Waals surface area contributed by atoms with E-state index in [1.54, 1.807) is 30.3 Å². The van der Waals surface area contributed by atoms with Crippen molar-refractivity contribution in [3.8, 4) is 12.3 Å². The lowest BCUT2D eigenvalue weighted by Gasteiger charge is -2.35. The number of nitrogens with one attached hydrogen (secondary N) is 1. The summed E-state index contributed by atoms with van der Waals surface area (Å²) in [6, 6.07) is 15.3. The van der Waals surface area contributed by atoms with Gasteiger partial charge < -0.3 is 5.32 Å². The summed E-state index contributed by atoms with van der Waals surface area (Å²) in [4.78, 5) is 12.6. The summed E-state index contributed by atoms with van der Waals surface area (Å²) in [7, 11) is 0. The Bertz CT molecular complexity index is 820. The van der Waals surface area contributed by atoms with Gasteiger partial charge in [-0.05, 0) is 50.1 Å². The lowest BCUT2D eigenvalue weighted by atomic mass is 9.85. The van der Waals surface area contributed by atoms with E-state index in [9.17, 15) is 4.79 Å². The molecule has 2 aromatic carbocycles. The molecule has 0 unspecified atom stereocenters. The molecule has 1 aliphatic heterocycles. The molecule has 2 heteroatoms. The standard InChI is InChI=1S/C21H19NO/c1-4-15-9-11-16(12-10-15)20(23)13-19-18-8-6-5-7-17(18)14-21(2,3)22-19/h1,5-13,22H,14H2,2-3H3. The fourth-order valence-electron chi connectivity index (χ4n) is 2.95. The largest absolute Gasteiger partial charge is 0.379 e. The number of rotatable bonds is 2. The Hall–Kier alpha value is -2.79. The molecule has 0 aromatic heterocycles. The molecule has 0 aliphatic carbocycles. The van der Waals surface area contributed by atoms with Crippen molar-refractivity contribution in [1.82, 2.24) is 5.32 Å². The first-order valence-corrected chi connectivity index (χ1v) is 7.68. The number of fused-ring (bicyclic) bond motifs is 1. The van der Waals surface area contributed by atoms with Gasteiger partial charge in [0, 0.05) is 34.0 Å². The molecule has 0 saturated carbocycles. The van der Waals surface area contributed by atoms with Crippen molar-refractivity contribution >= 4 is 11.5 Å². The molecule has 0 spiro atoms. The maximum atomic E-state index is 12.6. The van der Waals surface area contributed by atoms with E-state index in [0.29, 0.717) is 5.56 Å². The highest BCUT2D eigenvalue weighted by Crippen LogP contribution is 2.29. The highest BCUT2D eigenvalue weighted by atomic mass is 16.1. The summed E-state index contributed by atoms with van der Waals surface area (Å²) in [6.45, 7) is 4.28. The lowest BCUT2D eigenvalue weighted by molar-refractivity contribution is 0.104. The Morgan fingerprint density at radius 2 is 1.87 bits per heavy atom. The van der Waals surface area contributed by atoms with Crippen LogP contribution in [-0.4, -0.2) is 11.3 Å². The SMILES string of the molecule is C#Cc1ccc(C(=O)C=C2NC(C)(C)Cc3ccccc32)cc1. The average Bonchev–Trinajstić information content (AvgIpc) is 2.54. The number of hydrogen-bond acceptors (Lipinski definition) is 2. The minimum absolute atomic E-state index is 0.0245. The van der Waals surface area contributed by atoms with E-state index in [0.717, 1.165) is 23.2 Å². The van der Waals surface area contributed by atoms with E-state index in [4.69, 9.17) is 6.42 Å². The summed E-state index contributed by atoms with van der Waals surface area (Å²) < 4.78 is 0. The number of carbonyl (C=O) groups is 1. The van der Waals surface area contributed by atoms with Gasteiger partial charge in [0.25, 0.3) is 0 Å². The van der Waals surface area contributed by atoms with E-state index in [2.05, 4.69) is 37.2 Å². The second-order valence-electron chi connectivity index (χ2n) is 6.49. The van der Waals surface area contributed by atoms with Crippen LogP contribution < -0.4 is 5.32 Å². The number of hydrogen-bond donors (Lipinski definition) is 1. The Balaban J connectivity index is 1.97. The zero-order chi connectivity index (χ0) is 16.4. The predicted octanol–water partition coefficient (Wildman–Crippen LogP) is 3.82. The Kier molecular flexibility index (Phi) is 3.80. The zero-order valence-corrected chi connectivity index (χ0v) is 13.4. The van der Waals surface area contributed by atoms with E-state index in [-0.39, 0.29) is 11.3 Å². The molecule has 0 fully saturated rings. The Morgan fingerprint density at radius 1 is 1.17 bits per heavy atom. The second kappa shape index (κ2) is 5.78. The lowest BCUT2D eigenvalue weighted by Crippen LogP contribution is -2.43. The first kappa shape index (κ1) is 15.1. The minimum atomic E-state index is -0.0756. The summed E-state index contributed by atoms with van der Waals surface area (Å²) >= 11 is 0. The maximum Gasteiger partial charge on any atom is 0.187 e. The van der Waals surface area contributed by atoms with Gasteiger partial charge in [0.1, 0.15) is 0 Å². The molecular weight excluding hydrogens is 282 g/mol. The van der Waals surface area contributed by atoms with Crippen molar-refractivity contribution in [2.45, 2.75) is 25.8 Å². The Labute approximate surface area is 137 Å². The van der Waals surface area contributed by atoms with Crippen LogP contribution in [0.2, 0.25) is 0 Å². The first-order chi connectivity index (χ1) is 11.0. The van der Waals surface area contributed by atoms with Crippen molar-refractivity contribution in [2.24, 2.45) is 0 Å². The van der Waals surface area contributed by atoms with Crippen molar-refractivity contribution in [3.05, 3.63) is 76.9 Å². The van der Waals surface area contributed by atoms with Gasteiger partial charge in [0.15, 0.2) is 5.78 Å². The average molecular weight is 301 g/mol. The highest BCUT2D eigenvalue weighted by molar-refractivity contribution is 6.08. The first-order valence-electron chi connectivity index (χ1n) is 7.68. The topological polar surface area (TPSA) is 29.1 Å². The molecule has 0 amide bonds. The van der Waals surface area contributed by atoms with Gasteiger partial charge in [0.2, 0.25) is 0 Å². The highest BCUT2D eigenvalue weighted by Gasteiger charge is 2.27. The van der Waals surface area contributed by atoms with Crippen molar-refractivity contribution in [2.75, 3.05) is 0 Å². The van der Waals surface area contributed by atoms with Crippen molar-refractivity contribution < 1.29 is 4.79 Å². The van der Waals surface area contributed by atoms with Crippen LogP contribution in [0, 0.1) is 12.3 Å². The van der Waals surface area contributed by atoms with Crippen LogP contribution in [-0.2, 0) is 6.42 Å². The van der Waals surface area contributed by atoms with Gasteiger partial charge >= 0.3 is 0 Å². The molecule has 1 heterocycles. The molecule has 3 rings (SSSR count). The minimum Gasteiger partial charge on any atom is -0.379 e. The number of ketones is 1. The van der Waals surface area contributed by atoms with Gasteiger partial charge in [-0.25, -0.2) is 0 Å². The molecular formula is C21H19NO. The molecule has 23 heavy (non-hydrogen) atoms. The zero-order valence-electron chi connectivity index (χ0n) is 13.4. The third-order valence-electron chi connectivity index (χ3n) is 4.02. The number of benzene rings is 2. The number of allylic oxidation sites excluding steroid dienone is 1. The number of terminal acetylenes is 1. The van der Waals surface area contributed by atoms with Crippen LogP contribution in [0.1, 0.15) is 40.9 Å². The van der Waals surface area contributed by atoms with Crippen molar-refractivity contribution in [3.63, 3.8) is 0 Å². The molecule has 0 saturated heterocycles. The molecule has 0 atom stereocenters. The van der Waals surface area contributed by atoms with Crippen LogP contribution in [0.5, 0.6) is 0 Å². The van der Waals surface area contributed by atoms with Crippen LogP contribution in [0.3, 0.4) is 0 Å². The van der Waals surface area contributed by atoms with Crippen LogP contribution in [0.4, 0.5) is 0 Å². The smallest absolute Gasteiger partial charge is 0.187 e. The fraction of sp³-hybridized carbons (Fsp3) is 0.190. The van der Waals surface area contributed by atoms with Gasteiger partial charge in [-0.3, -0.25) is 4.79 Å². The van der Waals surface area contributed by atoms with Gasteiger partial charge in [-0.15, -0.1) is 6.42 Å². The van der Waals surface area contributed by atoms with E-state index in [1.807, 2.05) is 12.1 Å². The summed E-state index contributed by atoms with van der Waals surface area (Å²) in [6.07, 6.45) is 7.97. The fourth-order valence-corrected chi connectivity index (χ4v) is 2.95. The quantitative estimate of drug-likeness (QED) is 0.519. The third-order valence-corrected chi connectivity index (χ3v) is 4.02. The molecule has 2 aromatic rings. The van der Waals surface area contributed by atoms with E-state index < -0.39 is 0 Å². The van der Waals surface area contributed by atoms with Crippen LogP contribution in [0.15, 0.2) is 54.6 Å². The molecule has 0 bridgehead atoms. The van der Waals surface area contributed by atoms with Gasteiger partial charge in [-0.2, -0.15) is 0 Å². The monoisotopic (exact) mass is 301 g/mol. The molecule has 114 valence electrons. The molecule has 1 N–H and O–H groups in total. The van der Waals surface area contributed by atoms with E-state index >= 15 is 0 Å². The Morgan fingerprint density at radius 3 is 2.57 bits per heavy atom. The van der Waals surface area contributed by atoms with Gasteiger partial charge in [-0.1, -0.05) is 30.2 Å².